The zero-order chi connectivity index (χ0) is 14.7. The molecule has 1 aliphatic rings. The molecule has 1 aromatic rings. The zero-order valence-electron chi connectivity index (χ0n) is 11.0. The van der Waals surface area contributed by atoms with Crippen molar-refractivity contribution in [2.45, 2.75) is 19.3 Å². The molecule has 0 saturated carbocycles. The van der Waals surface area contributed by atoms with Crippen LogP contribution in [-0.2, 0) is 4.79 Å². The van der Waals surface area contributed by atoms with Gasteiger partial charge in [-0.3, -0.25) is 9.59 Å². The summed E-state index contributed by atoms with van der Waals surface area (Å²) in [5.74, 6) is -2.07. The van der Waals surface area contributed by atoms with E-state index in [0.717, 1.165) is 0 Å². The third-order valence-electron chi connectivity index (χ3n) is 3.66. The Hall–Kier alpha value is -2.11. The summed E-state index contributed by atoms with van der Waals surface area (Å²) in [5.41, 5.74) is 5.63. The van der Waals surface area contributed by atoms with Gasteiger partial charge in [0.15, 0.2) is 0 Å². The maximum atomic E-state index is 13.7. The molecule has 0 bridgehead atoms. The predicted molar refractivity (Wildman–Crippen MR) is 72.1 cm³/mol. The number of carbonyl (C=O) groups is 2. The van der Waals surface area contributed by atoms with Crippen molar-refractivity contribution in [1.29, 1.82) is 0 Å². The predicted octanol–water partition coefficient (Wildman–Crippen LogP) is 1.62. The van der Waals surface area contributed by atoms with Gasteiger partial charge >= 0.3 is 5.97 Å². The largest absolute Gasteiger partial charge is 0.481 e. The highest BCUT2D eigenvalue weighted by molar-refractivity contribution is 5.99. The summed E-state index contributed by atoms with van der Waals surface area (Å²) >= 11 is 0. The first kappa shape index (κ1) is 14.3. The summed E-state index contributed by atoms with van der Waals surface area (Å²) in [5, 5.41) is 8.78. The number of amides is 1. The van der Waals surface area contributed by atoms with Crippen molar-refractivity contribution in [1.82, 2.24) is 0 Å². The Morgan fingerprint density at radius 3 is 2.55 bits per heavy atom. The maximum Gasteiger partial charge on any atom is 0.303 e. The van der Waals surface area contributed by atoms with E-state index in [1.165, 1.54) is 6.07 Å². The number of anilines is 1. The monoisotopic (exact) mass is 280 g/mol. The van der Waals surface area contributed by atoms with E-state index in [0.29, 0.717) is 31.6 Å². The molecule has 2 rings (SSSR count). The van der Waals surface area contributed by atoms with Crippen LogP contribution in [-0.4, -0.2) is 30.1 Å². The molecule has 20 heavy (non-hydrogen) atoms. The molecule has 3 N–H and O–H groups in total. The number of nitrogens with two attached hydrogens (primary N) is 1. The molecular formula is C14H17FN2O3. The highest BCUT2D eigenvalue weighted by Gasteiger charge is 2.25. The fourth-order valence-electron chi connectivity index (χ4n) is 2.65. The minimum absolute atomic E-state index is 0.0933. The zero-order valence-corrected chi connectivity index (χ0v) is 11.0. The molecular weight excluding hydrogens is 263 g/mol. The van der Waals surface area contributed by atoms with Crippen molar-refractivity contribution >= 4 is 17.6 Å². The van der Waals surface area contributed by atoms with Gasteiger partial charge in [-0.1, -0.05) is 6.07 Å². The molecule has 1 heterocycles. The lowest BCUT2D eigenvalue weighted by molar-refractivity contribution is -0.138. The first-order valence-electron chi connectivity index (χ1n) is 6.54. The number of carboxylic acid groups (broad SMARTS) is 1. The van der Waals surface area contributed by atoms with E-state index in [1.54, 1.807) is 12.1 Å². The van der Waals surface area contributed by atoms with Crippen molar-refractivity contribution in [3.63, 3.8) is 0 Å². The number of primary amides is 1. The molecule has 1 aliphatic heterocycles. The van der Waals surface area contributed by atoms with E-state index in [-0.39, 0.29) is 17.9 Å². The quantitative estimate of drug-likeness (QED) is 0.877. The summed E-state index contributed by atoms with van der Waals surface area (Å²) in [7, 11) is 0. The number of piperidine rings is 1. The number of hydrogen-bond acceptors (Lipinski definition) is 3. The van der Waals surface area contributed by atoms with E-state index >= 15 is 0 Å². The van der Waals surface area contributed by atoms with E-state index in [9.17, 15) is 14.0 Å². The lowest BCUT2D eigenvalue weighted by Crippen LogP contribution is -2.36. The lowest BCUT2D eigenvalue weighted by atomic mass is 9.93. The molecule has 0 unspecified atom stereocenters. The van der Waals surface area contributed by atoms with E-state index < -0.39 is 17.7 Å². The van der Waals surface area contributed by atoms with Gasteiger partial charge in [-0.05, 0) is 30.9 Å². The first-order valence-corrected chi connectivity index (χ1v) is 6.54. The van der Waals surface area contributed by atoms with Gasteiger partial charge in [-0.2, -0.15) is 0 Å². The number of carboxylic acids is 1. The van der Waals surface area contributed by atoms with Crippen LogP contribution in [0.3, 0.4) is 0 Å². The van der Waals surface area contributed by atoms with Crippen LogP contribution in [0.15, 0.2) is 18.2 Å². The Kier molecular flexibility index (Phi) is 4.22. The highest BCUT2D eigenvalue weighted by Crippen LogP contribution is 2.28. The lowest BCUT2D eigenvalue weighted by Gasteiger charge is -2.34. The fraction of sp³-hybridized carbons (Fsp3) is 0.429. The number of hydrogen-bond donors (Lipinski definition) is 2. The number of halogens is 1. The minimum atomic E-state index is -0.799. The van der Waals surface area contributed by atoms with Gasteiger partial charge in [0.2, 0.25) is 0 Å². The van der Waals surface area contributed by atoms with Crippen LogP contribution in [0, 0.1) is 11.7 Å². The van der Waals surface area contributed by atoms with Crippen LogP contribution in [0.5, 0.6) is 0 Å². The Morgan fingerprint density at radius 1 is 1.35 bits per heavy atom. The third-order valence-corrected chi connectivity index (χ3v) is 3.66. The van der Waals surface area contributed by atoms with Gasteiger partial charge in [0, 0.05) is 19.5 Å². The smallest absolute Gasteiger partial charge is 0.303 e. The highest BCUT2D eigenvalue weighted by atomic mass is 19.1. The molecule has 0 spiro atoms. The average molecular weight is 280 g/mol. The molecule has 108 valence electrons. The van der Waals surface area contributed by atoms with Gasteiger partial charge in [0.1, 0.15) is 5.82 Å². The molecule has 0 radical (unpaired) electrons. The maximum absolute atomic E-state index is 13.7. The van der Waals surface area contributed by atoms with Gasteiger partial charge in [0.25, 0.3) is 5.91 Å². The normalized spacial score (nSPS) is 16.1. The molecule has 1 amide bonds. The number of benzene rings is 1. The standard InChI is InChI=1S/C14H17FN2O3/c15-10-2-1-3-11(13(10)14(16)20)17-6-4-9(5-7-17)8-12(18)19/h1-3,9H,4-8H2,(H2,16,20)(H,18,19). The van der Waals surface area contributed by atoms with Gasteiger partial charge < -0.3 is 15.7 Å². The van der Waals surface area contributed by atoms with Crippen LogP contribution < -0.4 is 10.6 Å². The Bertz CT molecular complexity index is 525. The second-order valence-corrected chi connectivity index (χ2v) is 5.03. The summed E-state index contributed by atoms with van der Waals surface area (Å²) in [6, 6.07) is 4.42. The topological polar surface area (TPSA) is 83.6 Å². The summed E-state index contributed by atoms with van der Waals surface area (Å²) in [4.78, 5) is 23.9. The number of nitrogens with zero attached hydrogens (tertiary/aromatic N) is 1. The van der Waals surface area contributed by atoms with Crippen LogP contribution in [0.2, 0.25) is 0 Å². The Labute approximate surface area is 116 Å². The van der Waals surface area contributed by atoms with Crippen LogP contribution in [0.4, 0.5) is 10.1 Å². The summed E-state index contributed by atoms with van der Waals surface area (Å²) in [6.07, 6.45) is 1.57. The molecule has 5 nitrogen and oxygen atoms in total. The Balaban J connectivity index is 2.13. The number of aliphatic carboxylic acids is 1. The van der Waals surface area contributed by atoms with Crippen LogP contribution in [0.25, 0.3) is 0 Å². The molecule has 1 fully saturated rings. The molecule has 6 heteroatoms. The number of rotatable bonds is 4. The SMILES string of the molecule is NC(=O)c1c(F)cccc1N1CCC(CC(=O)O)CC1. The molecule has 0 aliphatic carbocycles. The average Bonchev–Trinajstić information content (AvgIpc) is 2.38. The molecule has 0 atom stereocenters. The second kappa shape index (κ2) is 5.90. The van der Waals surface area contributed by atoms with Crippen molar-refractivity contribution in [3.05, 3.63) is 29.6 Å². The molecule has 0 aromatic heterocycles. The van der Waals surface area contributed by atoms with Crippen LogP contribution >= 0.6 is 0 Å². The number of carbonyl (C=O) groups excluding carboxylic acids is 1. The summed E-state index contributed by atoms with van der Waals surface area (Å²) in [6.45, 7) is 1.20. The third kappa shape index (κ3) is 3.07. The van der Waals surface area contributed by atoms with Gasteiger partial charge in [0.05, 0.1) is 11.3 Å². The fourth-order valence-corrected chi connectivity index (χ4v) is 2.65. The van der Waals surface area contributed by atoms with E-state index in [2.05, 4.69) is 0 Å². The molecule has 1 saturated heterocycles. The van der Waals surface area contributed by atoms with Crippen molar-refractivity contribution in [3.8, 4) is 0 Å². The summed E-state index contributed by atoms with van der Waals surface area (Å²) < 4.78 is 13.7. The van der Waals surface area contributed by atoms with Crippen molar-refractivity contribution in [2.75, 3.05) is 18.0 Å². The second-order valence-electron chi connectivity index (χ2n) is 5.03. The van der Waals surface area contributed by atoms with Crippen molar-refractivity contribution in [2.24, 2.45) is 11.7 Å². The molecule has 1 aromatic carbocycles. The van der Waals surface area contributed by atoms with Crippen molar-refractivity contribution < 1.29 is 19.1 Å². The van der Waals surface area contributed by atoms with E-state index in [1.807, 2.05) is 4.90 Å². The first-order chi connectivity index (χ1) is 9.49. The van der Waals surface area contributed by atoms with E-state index in [4.69, 9.17) is 10.8 Å². The van der Waals surface area contributed by atoms with Crippen LogP contribution in [0.1, 0.15) is 29.6 Å². The van der Waals surface area contributed by atoms with Gasteiger partial charge in [-0.25, -0.2) is 4.39 Å². The Morgan fingerprint density at radius 2 is 2.00 bits per heavy atom. The van der Waals surface area contributed by atoms with Gasteiger partial charge in [-0.15, -0.1) is 0 Å². The minimum Gasteiger partial charge on any atom is -0.481 e.